The summed E-state index contributed by atoms with van der Waals surface area (Å²) in [5.74, 6) is -0.00350. The Kier molecular flexibility index (Phi) is 5.73. The molecule has 0 bridgehead atoms. The average molecular weight is 324 g/mol. The zero-order valence-corrected chi connectivity index (χ0v) is 13.6. The van der Waals surface area contributed by atoms with Gasteiger partial charge in [-0.3, -0.25) is 4.79 Å². The Morgan fingerprint density at radius 1 is 1.08 bits per heavy atom. The average Bonchev–Trinajstić information content (AvgIpc) is 2.52. The summed E-state index contributed by atoms with van der Waals surface area (Å²) in [5, 5.41) is 14.8. The molecule has 0 aliphatic carbocycles. The molecular formula is C19H20N2O3. The van der Waals surface area contributed by atoms with Crippen LogP contribution in [-0.4, -0.2) is 23.0 Å². The van der Waals surface area contributed by atoms with E-state index in [2.05, 4.69) is 10.6 Å². The number of benzene rings is 2. The molecule has 124 valence electrons. The van der Waals surface area contributed by atoms with Gasteiger partial charge in [0.25, 0.3) is 0 Å². The number of amides is 2. The van der Waals surface area contributed by atoms with Crippen molar-refractivity contribution in [2.45, 2.75) is 19.9 Å². The molecule has 5 heteroatoms. The minimum absolute atomic E-state index is 0.0495. The molecule has 0 saturated heterocycles. The fourth-order valence-corrected chi connectivity index (χ4v) is 2.04. The van der Waals surface area contributed by atoms with E-state index in [1.54, 1.807) is 54.6 Å². The van der Waals surface area contributed by atoms with Crippen LogP contribution in [0.1, 0.15) is 29.8 Å². The van der Waals surface area contributed by atoms with Crippen molar-refractivity contribution < 1.29 is 14.7 Å². The van der Waals surface area contributed by atoms with Gasteiger partial charge in [-0.25, -0.2) is 4.79 Å². The third kappa shape index (κ3) is 5.28. The number of rotatable bonds is 5. The van der Waals surface area contributed by atoms with E-state index in [1.807, 2.05) is 13.8 Å². The van der Waals surface area contributed by atoms with Crippen molar-refractivity contribution in [3.05, 3.63) is 65.7 Å². The molecule has 0 unspecified atom stereocenters. The fraction of sp³-hybridized carbons (Fsp3) is 0.158. The number of carbonyl (C=O) groups is 2. The molecule has 0 aliphatic rings. The molecule has 0 spiro atoms. The van der Waals surface area contributed by atoms with E-state index in [-0.39, 0.29) is 23.6 Å². The molecule has 0 radical (unpaired) electrons. The summed E-state index contributed by atoms with van der Waals surface area (Å²) in [7, 11) is 0. The number of hydrogen-bond donors (Lipinski definition) is 3. The molecule has 2 amide bonds. The van der Waals surface area contributed by atoms with Crippen LogP contribution in [0.3, 0.4) is 0 Å². The molecule has 2 aromatic rings. The Morgan fingerprint density at radius 2 is 1.79 bits per heavy atom. The maximum absolute atomic E-state index is 12.1. The van der Waals surface area contributed by atoms with Gasteiger partial charge in [0.05, 0.1) is 0 Å². The Morgan fingerprint density at radius 3 is 2.42 bits per heavy atom. The summed E-state index contributed by atoms with van der Waals surface area (Å²) in [6, 6.07) is 13.1. The van der Waals surface area contributed by atoms with Gasteiger partial charge in [0.2, 0.25) is 0 Å². The Labute approximate surface area is 141 Å². The van der Waals surface area contributed by atoms with Gasteiger partial charge in [-0.1, -0.05) is 18.2 Å². The zero-order valence-electron chi connectivity index (χ0n) is 13.6. The lowest BCUT2D eigenvalue weighted by atomic mass is 10.1. The predicted octanol–water partition coefficient (Wildman–Crippen LogP) is 3.82. The maximum atomic E-state index is 12.1. The van der Waals surface area contributed by atoms with Crippen LogP contribution >= 0.6 is 0 Å². The standard InChI is InChI=1S/C19H20N2O3/c1-13(2)20-19(24)21-16-9-7-15(8-10-16)18(23)11-6-14-4-3-5-17(22)12-14/h3-13,22H,1-2H3,(H2,20,21,24)/b11-6+. The second kappa shape index (κ2) is 7.97. The summed E-state index contributed by atoms with van der Waals surface area (Å²) in [6.07, 6.45) is 3.09. The monoisotopic (exact) mass is 324 g/mol. The molecule has 0 heterocycles. The predicted molar refractivity (Wildman–Crippen MR) is 95.2 cm³/mol. The van der Waals surface area contributed by atoms with Crippen LogP contribution in [-0.2, 0) is 0 Å². The van der Waals surface area contributed by atoms with E-state index in [0.29, 0.717) is 11.3 Å². The van der Waals surface area contributed by atoms with E-state index in [9.17, 15) is 14.7 Å². The van der Waals surface area contributed by atoms with Crippen molar-refractivity contribution in [2.75, 3.05) is 5.32 Å². The lowest BCUT2D eigenvalue weighted by Gasteiger charge is -2.10. The van der Waals surface area contributed by atoms with Crippen molar-refractivity contribution in [3.63, 3.8) is 0 Å². The van der Waals surface area contributed by atoms with Gasteiger partial charge in [-0.05, 0) is 61.9 Å². The van der Waals surface area contributed by atoms with Crippen LogP contribution in [0, 0.1) is 0 Å². The minimum atomic E-state index is -0.284. The van der Waals surface area contributed by atoms with E-state index >= 15 is 0 Å². The maximum Gasteiger partial charge on any atom is 0.319 e. The van der Waals surface area contributed by atoms with Crippen LogP contribution < -0.4 is 10.6 Å². The fourth-order valence-electron chi connectivity index (χ4n) is 2.04. The zero-order chi connectivity index (χ0) is 17.5. The first-order chi connectivity index (χ1) is 11.4. The van der Waals surface area contributed by atoms with Gasteiger partial charge in [0.15, 0.2) is 5.78 Å². The largest absolute Gasteiger partial charge is 0.508 e. The van der Waals surface area contributed by atoms with Gasteiger partial charge >= 0.3 is 6.03 Å². The summed E-state index contributed by atoms with van der Waals surface area (Å²) < 4.78 is 0. The van der Waals surface area contributed by atoms with Gasteiger partial charge < -0.3 is 15.7 Å². The Hall–Kier alpha value is -3.08. The number of ketones is 1. The summed E-state index contributed by atoms with van der Waals surface area (Å²) in [5.41, 5.74) is 1.87. The molecule has 0 saturated carbocycles. The van der Waals surface area contributed by atoms with Crippen LogP contribution in [0.15, 0.2) is 54.6 Å². The number of anilines is 1. The number of phenolic OH excluding ortho intramolecular Hbond substituents is 1. The number of allylic oxidation sites excluding steroid dienone is 1. The highest BCUT2D eigenvalue weighted by molar-refractivity contribution is 6.07. The van der Waals surface area contributed by atoms with Crippen molar-refractivity contribution in [1.82, 2.24) is 5.32 Å². The Bertz CT molecular complexity index is 749. The molecule has 0 aromatic heterocycles. The molecule has 5 nitrogen and oxygen atoms in total. The topological polar surface area (TPSA) is 78.4 Å². The van der Waals surface area contributed by atoms with Crippen LogP contribution in [0.5, 0.6) is 5.75 Å². The first-order valence-electron chi connectivity index (χ1n) is 7.63. The highest BCUT2D eigenvalue weighted by Gasteiger charge is 2.05. The normalized spacial score (nSPS) is 10.8. The molecule has 2 aromatic carbocycles. The van der Waals surface area contributed by atoms with Gasteiger partial charge in [0.1, 0.15) is 5.75 Å². The molecular weight excluding hydrogens is 304 g/mol. The number of phenols is 1. The number of carbonyl (C=O) groups excluding carboxylic acids is 2. The van der Waals surface area contributed by atoms with Crippen molar-refractivity contribution in [1.29, 1.82) is 0 Å². The molecule has 2 rings (SSSR count). The van der Waals surface area contributed by atoms with Gasteiger partial charge in [-0.2, -0.15) is 0 Å². The molecule has 3 N–H and O–H groups in total. The summed E-state index contributed by atoms with van der Waals surface area (Å²) in [4.78, 5) is 23.7. The first kappa shape index (κ1) is 17.3. The Balaban J connectivity index is 1.99. The molecule has 0 atom stereocenters. The highest BCUT2D eigenvalue weighted by Crippen LogP contribution is 2.14. The van der Waals surface area contributed by atoms with Crippen LogP contribution in [0.25, 0.3) is 6.08 Å². The second-order valence-electron chi connectivity index (χ2n) is 5.62. The lowest BCUT2D eigenvalue weighted by molar-refractivity contribution is 0.104. The number of aromatic hydroxyl groups is 1. The van der Waals surface area contributed by atoms with E-state index in [1.165, 1.54) is 6.08 Å². The van der Waals surface area contributed by atoms with E-state index in [0.717, 1.165) is 5.56 Å². The van der Waals surface area contributed by atoms with Crippen LogP contribution in [0.2, 0.25) is 0 Å². The quantitative estimate of drug-likeness (QED) is 0.578. The lowest BCUT2D eigenvalue weighted by Crippen LogP contribution is -2.34. The number of nitrogens with one attached hydrogen (secondary N) is 2. The van der Waals surface area contributed by atoms with E-state index < -0.39 is 0 Å². The first-order valence-corrected chi connectivity index (χ1v) is 7.63. The molecule has 24 heavy (non-hydrogen) atoms. The number of hydrogen-bond acceptors (Lipinski definition) is 3. The third-order valence-electron chi connectivity index (χ3n) is 3.14. The smallest absolute Gasteiger partial charge is 0.319 e. The van der Waals surface area contributed by atoms with Crippen molar-refractivity contribution in [3.8, 4) is 5.75 Å². The van der Waals surface area contributed by atoms with Gasteiger partial charge in [0, 0.05) is 17.3 Å². The molecule has 0 fully saturated rings. The van der Waals surface area contributed by atoms with Crippen LogP contribution in [0.4, 0.5) is 10.5 Å². The van der Waals surface area contributed by atoms with E-state index in [4.69, 9.17) is 0 Å². The summed E-state index contributed by atoms with van der Waals surface area (Å²) in [6.45, 7) is 3.75. The van der Waals surface area contributed by atoms with Gasteiger partial charge in [-0.15, -0.1) is 0 Å². The third-order valence-corrected chi connectivity index (χ3v) is 3.14. The highest BCUT2D eigenvalue weighted by atomic mass is 16.3. The van der Waals surface area contributed by atoms with Crippen molar-refractivity contribution >= 4 is 23.6 Å². The van der Waals surface area contributed by atoms with Crippen molar-refractivity contribution in [2.24, 2.45) is 0 Å². The minimum Gasteiger partial charge on any atom is -0.508 e. The second-order valence-corrected chi connectivity index (χ2v) is 5.62. The summed E-state index contributed by atoms with van der Waals surface area (Å²) >= 11 is 0. The number of urea groups is 1. The SMILES string of the molecule is CC(C)NC(=O)Nc1ccc(C(=O)/C=C/c2cccc(O)c2)cc1. The molecule has 0 aliphatic heterocycles.